The van der Waals surface area contributed by atoms with Crippen LogP contribution in [0.5, 0.6) is 5.75 Å². The van der Waals surface area contributed by atoms with Crippen LogP contribution in [0.25, 0.3) is 22.8 Å². The number of aryl methyl sites for hydroxylation is 1. The van der Waals surface area contributed by atoms with Crippen LogP contribution in [0.3, 0.4) is 0 Å². The van der Waals surface area contributed by atoms with Crippen molar-refractivity contribution in [2.75, 3.05) is 0 Å². The minimum Gasteiger partial charge on any atom is -0.405 e. The Morgan fingerprint density at radius 1 is 1.05 bits per heavy atom. The number of nitrogens with one attached hydrogen (secondary N) is 1. The molecule has 190 valence electrons. The second-order valence-electron chi connectivity index (χ2n) is 9.55. The molecule has 1 aliphatic heterocycles. The molecule has 2 amide bonds. The lowest BCUT2D eigenvalue weighted by atomic mass is 9.71. The molecule has 1 aliphatic carbocycles. The molecule has 4 nitrogen and oxygen atoms in total. The number of fused-ring (bicyclic) bond motifs is 1. The van der Waals surface area contributed by atoms with Crippen molar-refractivity contribution in [1.29, 1.82) is 0 Å². The lowest BCUT2D eigenvalue weighted by Crippen LogP contribution is -2.22. The fourth-order valence-electron chi connectivity index (χ4n) is 4.66. The number of halogens is 3. The van der Waals surface area contributed by atoms with Crippen molar-refractivity contribution in [2.45, 2.75) is 39.0 Å². The summed E-state index contributed by atoms with van der Waals surface area (Å²) in [7, 11) is 0. The first-order valence-corrected chi connectivity index (χ1v) is 13.2. The molecule has 9 heteroatoms. The van der Waals surface area contributed by atoms with Gasteiger partial charge in [-0.2, -0.15) is 0 Å². The van der Waals surface area contributed by atoms with E-state index in [1.54, 1.807) is 17.4 Å². The van der Waals surface area contributed by atoms with Gasteiger partial charge in [0, 0.05) is 10.4 Å². The monoisotopic (exact) mass is 541 g/mol. The summed E-state index contributed by atoms with van der Waals surface area (Å²) in [5, 5.41) is 3.69. The van der Waals surface area contributed by atoms with Gasteiger partial charge in [0.05, 0.1) is 4.91 Å². The average molecular weight is 542 g/mol. The van der Waals surface area contributed by atoms with Gasteiger partial charge in [-0.1, -0.05) is 38.1 Å². The summed E-state index contributed by atoms with van der Waals surface area (Å²) in [6.45, 7) is 6.18. The molecule has 0 unspecified atom stereocenters. The highest BCUT2D eigenvalue weighted by Crippen LogP contribution is 2.46. The average Bonchev–Trinajstić information content (AvgIpc) is 3.44. The van der Waals surface area contributed by atoms with Crippen LogP contribution in [0.1, 0.15) is 47.4 Å². The van der Waals surface area contributed by atoms with Crippen LogP contribution in [0.4, 0.5) is 18.0 Å². The van der Waals surface area contributed by atoms with Crippen molar-refractivity contribution in [3.8, 4) is 16.9 Å². The van der Waals surface area contributed by atoms with Crippen molar-refractivity contribution in [1.82, 2.24) is 5.32 Å². The molecule has 3 aromatic rings. The molecule has 5 rings (SSSR count). The Hall–Kier alpha value is -3.30. The number of hydrogen-bond donors (Lipinski definition) is 1. The number of alkyl halides is 3. The highest BCUT2D eigenvalue weighted by Gasteiger charge is 2.34. The van der Waals surface area contributed by atoms with Gasteiger partial charge >= 0.3 is 6.36 Å². The third-order valence-corrected chi connectivity index (χ3v) is 8.16. The van der Waals surface area contributed by atoms with Gasteiger partial charge in [-0.15, -0.1) is 24.5 Å². The molecule has 1 N–H and O–H groups in total. The molecule has 1 saturated heterocycles. The number of carbonyl (C=O) groups is 2. The summed E-state index contributed by atoms with van der Waals surface area (Å²) in [6, 6.07) is 12.2. The molecule has 0 bridgehead atoms. The lowest BCUT2D eigenvalue weighted by Gasteiger charge is -2.33. The van der Waals surface area contributed by atoms with Crippen molar-refractivity contribution in [3.63, 3.8) is 0 Å². The van der Waals surface area contributed by atoms with E-state index in [2.05, 4.69) is 30.0 Å². The Bertz CT molecular complexity index is 1490. The fraction of sp³-hybridized carbons (Fsp3) is 0.214. The first kappa shape index (κ1) is 25.4. The maximum absolute atomic E-state index is 13.3. The Balaban J connectivity index is 1.70. The predicted molar refractivity (Wildman–Crippen MR) is 141 cm³/mol. The van der Waals surface area contributed by atoms with Gasteiger partial charge in [-0.3, -0.25) is 14.9 Å². The molecule has 0 saturated carbocycles. The Labute approximate surface area is 220 Å². The van der Waals surface area contributed by atoms with E-state index in [9.17, 15) is 22.8 Å². The second kappa shape index (κ2) is 9.22. The first-order valence-electron chi connectivity index (χ1n) is 11.5. The number of hydrogen-bond acceptors (Lipinski definition) is 5. The van der Waals surface area contributed by atoms with Crippen molar-refractivity contribution in [3.05, 3.63) is 86.0 Å². The number of ether oxygens (including phenoxy) is 1. The molecular formula is C28H22F3NO3S2. The Morgan fingerprint density at radius 3 is 2.49 bits per heavy atom. The van der Waals surface area contributed by atoms with E-state index in [4.69, 9.17) is 0 Å². The molecule has 2 heterocycles. The summed E-state index contributed by atoms with van der Waals surface area (Å²) < 4.78 is 44.5. The van der Waals surface area contributed by atoms with E-state index in [0.717, 1.165) is 45.3 Å². The molecule has 1 aromatic heterocycles. The lowest BCUT2D eigenvalue weighted by molar-refractivity contribution is -0.274. The minimum atomic E-state index is -4.88. The van der Waals surface area contributed by atoms with Crippen LogP contribution in [0, 0.1) is 6.92 Å². The molecular weight excluding hydrogens is 519 g/mol. The third-order valence-electron chi connectivity index (χ3n) is 6.45. The molecule has 37 heavy (non-hydrogen) atoms. The normalized spacial score (nSPS) is 18.0. The van der Waals surface area contributed by atoms with E-state index in [0.29, 0.717) is 11.1 Å². The number of allylic oxidation sites excluding steroid dienone is 1. The quantitative estimate of drug-likeness (QED) is 0.340. The first-order chi connectivity index (χ1) is 17.4. The topological polar surface area (TPSA) is 55.4 Å². The van der Waals surface area contributed by atoms with E-state index in [1.165, 1.54) is 18.2 Å². The van der Waals surface area contributed by atoms with Crippen LogP contribution in [0.2, 0.25) is 0 Å². The van der Waals surface area contributed by atoms with Crippen LogP contribution in [-0.4, -0.2) is 17.5 Å². The van der Waals surface area contributed by atoms with Gasteiger partial charge in [0.15, 0.2) is 0 Å². The second-order valence-corrected chi connectivity index (χ2v) is 11.5. The largest absolute Gasteiger partial charge is 0.573 e. The third kappa shape index (κ3) is 5.10. The highest BCUT2D eigenvalue weighted by atomic mass is 32.2. The van der Waals surface area contributed by atoms with E-state index >= 15 is 0 Å². The standard InChI is InChI=1S/C28H22F3NO3S2/c1-15-11-21-19(17(8-9-27(21,2)3)23-5-4-10-36-23)14-18(15)20-12-16(6-7-22(20)35-28(29,30)31)13-24-25(33)32-26(34)37-24/h4-8,10-14H,9H2,1-3H3,(H,32,33,34)/b24-13-. The van der Waals surface area contributed by atoms with Gasteiger partial charge < -0.3 is 4.74 Å². The van der Waals surface area contributed by atoms with Gasteiger partial charge in [-0.25, -0.2) is 0 Å². The zero-order valence-electron chi connectivity index (χ0n) is 20.2. The molecule has 0 atom stereocenters. The Kier molecular flexibility index (Phi) is 6.32. The van der Waals surface area contributed by atoms with Crippen LogP contribution < -0.4 is 10.1 Å². The minimum absolute atomic E-state index is 0.142. The predicted octanol–water partition coefficient (Wildman–Crippen LogP) is 8.06. The number of rotatable bonds is 4. The van der Waals surface area contributed by atoms with Crippen molar-refractivity contribution < 1.29 is 27.5 Å². The van der Waals surface area contributed by atoms with Gasteiger partial charge in [0.1, 0.15) is 5.75 Å². The zero-order valence-corrected chi connectivity index (χ0v) is 21.8. The molecule has 1 fully saturated rings. The number of amides is 2. The Morgan fingerprint density at radius 2 is 1.84 bits per heavy atom. The van der Waals surface area contributed by atoms with Crippen LogP contribution >= 0.6 is 23.1 Å². The molecule has 2 aromatic carbocycles. The molecule has 2 aliphatic rings. The SMILES string of the molecule is Cc1cc2c(cc1-c1cc(/C=C3\SC(=O)NC3=O)ccc1OC(F)(F)F)C(c1cccs1)=CCC2(C)C. The zero-order chi connectivity index (χ0) is 26.5. The van der Waals surface area contributed by atoms with E-state index < -0.39 is 17.5 Å². The summed E-state index contributed by atoms with van der Waals surface area (Å²) in [5.74, 6) is -0.876. The van der Waals surface area contributed by atoms with Crippen LogP contribution in [-0.2, 0) is 10.2 Å². The van der Waals surface area contributed by atoms with Crippen LogP contribution in [0.15, 0.2) is 58.8 Å². The van der Waals surface area contributed by atoms with Gasteiger partial charge in [0.2, 0.25) is 0 Å². The molecule has 0 radical (unpaired) electrons. The number of imide groups is 1. The van der Waals surface area contributed by atoms with Crippen molar-refractivity contribution in [2.24, 2.45) is 0 Å². The van der Waals surface area contributed by atoms with Gasteiger partial charge in [-0.05, 0) is 99.6 Å². The number of thioether (sulfide) groups is 1. The number of carbonyl (C=O) groups excluding carboxylic acids is 2. The van der Waals surface area contributed by atoms with E-state index in [1.807, 2.05) is 36.6 Å². The maximum Gasteiger partial charge on any atom is 0.573 e. The van der Waals surface area contributed by atoms with Gasteiger partial charge in [0.25, 0.3) is 11.1 Å². The summed E-state index contributed by atoms with van der Waals surface area (Å²) in [5.41, 5.74) is 5.14. The van der Waals surface area contributed by atoms with Crippen molar-refractivity contribution >= 4 is 45.9 Å². The fourth-order valence-corrected chi connectivity index (χ4v) is 6.12. The molecule has 0 spiro atoms. The summed E-state index contributed by atoms with van der Waals surface area (Å²) in [6.07, 6.45) is -0.363. The highest BCUT2D eigenvalue weighted by molar-refractivity contribution is 8.18. The number of thiophene rings is 1. The summed E-state index contributed by atoms with van der Waals surface area (Å²) in [4.78, 5) is 24.8. The summed E-state index contributed by atoms with van der Waals surface area (Å²) >= 11 is 2.36. The maximum atomic E-state index is 13.3. The van der Waals surface area contributed by atoms with E-state index in [-0.39, 0.29) is 21.6 Å². The number of benzene rings is 2. The smallest absolute Gasteiger partial charge is 0.405 e.